The topological polar surface area (TPSA) is 89.2 Å². The number of hydrogen-bond donors (Lipinski definition) is 0. The molecule has 0 aliphatic carbocycles. The predicted octanol–water partition coefficient (Wildman–Crippen LogP) is 1.18. The van der Waals surface area contributed by atoms with Gasteiger partial charge >= 0.3 is 0 Å². The molecule has 30 heavy (non-hydrogen) atoms. The van der Waals surface area contributed by atoms with Gasteiger partial charge in [0.1, 0.15) is 11.0 Å². The number of pyridine rings is 1. The molecule has 0 unspecified atom stereocenters. The zero-order valence-electron chi connectivity index (χ0n) is 16.8. The smallest absolute Gasteiger partial charge is 0.275 e. The molecule has 9 nitrogen and oxygen atoms in total. The van der Waals surface area contributed by atoms with Crippen molar-refractivity contribution in [2.75, 3.05) is 31.1 Å². The second-order valence-electron chi connectivity index (χ2n) is 7.43. The normalized spacial score (nSPS) is 14.6. The highest BCUT2D eigenvalue weighted by Crippen LogP contribution is 2.26. The van der Waals surface area contributed by atoms with E-state index in [0.717, 1.165) is 16.7 Å². The number of aryl methyl sites for hydroxylation is 2. The van der Waals surface area contributed by atoms with Crippen LogP contribution in [0.25, 0.3) is 21.8 Å². The second-order valence-corrected chi connectivity index (χ2v) is 7.43. The number of fused-ring (bicyclic) bond motifs is 2. The zero-order valence-corrected chi connectivity index (χ0v) is 16.8. The van der Waals surface area contributed by atoms with Crippen LogP contribution < -0.4 is 10.5 Å². The van der Waals surface area contributed by atoms with Gasteiger partial charge in [0, 0.05) is 51.9 Å². The Balaban J connectivity index is 1.42. The van der Waals surface area contributed by atoms with Crippen LogP contribution in [-0.4, -0.2) is 61.5 Å². The summed E-state index contributed by atoms with van der Waals surface area (Å²) < 4.78 is 3.07. The number of hydrogen-bond acceptors (Lipinski definition) is 6. The summed E-state index contributed by atoms with van der Waals surface area (Å²) >= 11 is 0. The molecule has 0 spiro atoms. The van der Waals surface area contributed by atoms with E-state index >= 15 is 0 Å². The van der Waals surface area contributed by atoms with Crippen molar-refractivity contribution in [2.45, 2.75) is 0 Å². The van der Waals surface area contributed by atoms with E-state index in [4.69, 9.17) is 0 Å². The number of nitrogens with zero attached hydrogens (tertiary/aromatic N) is 7. The average Bonchev–Trinajstić information content (AvgIpc) is 3.17. The Labute approximate surface area is 172 Å². The Bertz CT molecular complexity index is 1330. The van der Waals surface area contributed by atoms with Gasteiger partial charge in [0.15, 0.2) is 5.69 Å². The molecule has 152 valence electrons. The van der Waals surface area contributed by atoms with Crippen molar-refractivity contribution < 1.29 is 4.79 Å². The standard InChI is InChI=1S/C21H21N7O2/c1-25-19-16(13-23-25)22-8-7-17(19)27-9-11-28(12-10-27)21(30)18-14-5-3-4-6-15(14)20(29)26(2)24-18/h3-8,13H,9-12H2,1-2H3. The monoisotopic (exact) mass is 403 g/mol. The van der Waals surface area contributed by atoms with E-state index < -0.39 is 0 Å². The lowest BCUT2D eigenvalue weighted by molar-refractivity contribution is 0.0740. The molecule has 1 fully saturated rings. The van der Waals surface area contributed by atoms with Crippen LogP contribution in [0.3, 0.4) is 0 Å². The molecule has 1 amide bonds. The van der Waals surface area contributed by atoms with E-state index in [1.807, 2.05) is 23.9 Å². The highest BCUT2D eigenvalue weighted by Gasteiger charge is 2.26. The SMILES string of the molecule is Cn1nc(C(=O)N2CCN(c3ccnc4cnn(C)c34)CC2)c2ccccc2c1=O. The van der Waals surface area contributed by atoms with E-state index in [2.05, 4.69) is 20.1 Å². The number of carbonyl (C=O) groups excluding carboxylic acids is 1. The van der Waals surface area contributed by atoms with Gasteiger partial charge in [-0.05, 0) is 12.1 Å². The Morgan fingerprint density at radius 1 is 0.967 bits per heavy atom. The number of anilines is 1. The van der Waals surface area contributed by atoms with E-state index in [9.17, 15) is 9.59 Å². The molecule has 4 heterocycles. The molecule has 3 aromatic heterocycles. The number of carbonyl (C=O) groups is 1. The fourth-order valence-electron chi connectivity index (χ4n) is 4.10. The van der Waals surface area contributed by atoms with Crippen LogP contribution in [0, 0.1) is 0 Å². The summed E-state index contributed by atoms with van der Waals surface area (Å²) in [6.07, 6.45) is 3.55. The van der Waals surface area contributed by atoms with Crippen molar-refractivity contribution in [1.82, 2.24) is 29.4 Å². The van der Waals surface area contributed by atoms with Crippen molar-refractivity contribution >= 4 is 33.4 Å². The summed E-state index contributed by atoms with van der Waals surface area (Å²) in [7, 11) is 3.48. The Hall–Kier alpha value is -3.75. The van der Waals surface area contributed by atoms with Crippen LogP contribution in [-0.2, 0) is 14.1 Å². The summed E-state index contributed by atoms with van der Waals surface area (Å²) in [6.45, 7) is 2.53. The molecule has 0 saturated carbocycles. The lowest BCUT2D eigenvalue weighted by atomic mass is 10.1. The zero-order chi connectivity index (χ0) is 20.8. The van der Waals surface area contributed by atoms with Crippen molar-refractivity contribution in [3.63, 3.8) is 0 Å². The van der Waals surface area contributed by atoms with Gasteiger partial charge in [0.25, 0.3) is 11.5 Å². The number of benzene rings is 1. The molecule has 1 aliphatic rings. The third kappa shape index (κ3) is 2.81. The quantitative estimate of drug-likeness (QED) is 0.499. The first-order valence-electron chi connectivity index (χ1n) is 9.81. The van der Waals surface area contributed by atoms with Crippen molar-refractivity contribution in [3.05, 3.63) is 58.8 Å². The largest absolute Gasteiger partial charge is 0.366 e. The van der Waals surface area contributed by atoms with Crippen LogP contribution in [0.4, 0.5) is 5.69 Å². The van der Waals surface area contributed by atoms with E-state index in [1.54, 1.807) is 42.5 Å². The van der Waals surface area contributed by atoms with Gasteiger partial charge in [-0.1, -0.05) is 18.2 Å². The minimum atomic E-state index is -0.204. The van der Waals surface area contributed by atoms with Gasteiger partial charge in [-0.3, -0.25) is 19.3 Å². The summed E-state index contributed by atoms with van der Waals surface area (Å²) in [5, 5.41) is 9.69. The van der Waals surface area contributed by atoms with Gasteiger partial charge in [0.05, 0.1) is 17.3 Å². The molecule has 4 aromatic rings. The average molecular weight is 403 g/mol. The molecular weight excluding hydrogens is 382 g/mol. The van der Waals surface area contributed by atoms with Crippen molar-refractivity contribution in [3.8, 4) is 0 Å². The molecular formula is C21H21N7O2. The number of aromatic nitrogens is 5. The Kier molecular flexibility index (Phi) is 4.23. The van der Waals surface area contributed by atoms with Crippen LogP contribution in [0.2, 0.25) is 0 Å². The number of rotatable bonds is 2. The van der Waals surface area contributed by atoms with Gasteiger partial charge in [-0.2, -0.15) is 10.2 Å². The molecule has 0 radical (unpaired) electrons. The lowest BCUT2D eigenvalue weighted by Crippen LogP contribution is -2.49. The molecule has 5 rings (SSSR count). The first kappa shape index (κ1) is 18.3. The van der Waals surface area contributed by atoms with E-state index in [1.165, 1.54) is 4.68 Å². The van der Waals surface area contributed by atoms with Gasteiger partial charge in [0.2, 0.25) is 0 Å². The molecule has 1 aromatic carbocycles. The fraction of sp³-hybridized carbons (Fsp3) is 0.286. The molecule has 0 atom stereocenters. The minimum Gasteiger partial charge on any atom is -0.366 e. The van der Waals surface area contributed by atoms with Crippen LogP contribution in [0.1, 0.15) is 10.5 Å². The van der Waals surface area contributed by atoms with E-state index in [0.29, 0.717) is 42.6 Å². The molecule has 9 heteroatoms. The molecule has 0 N–H and O–H groups in total. The van der Waals surface area contributed by atoms with E-state index in [-0.39, 0.29) is 11.5 Å². The first-order chi connectivity index (χ1) is 14.5. The maximum absolute atomic E-state index is 13.3. The molecule has 1 saturated heterocycles. The van der Waals surface area contributed by atoms with Crippen LogP contribution >= 0.6 is 0 Å². The van der Waals surface area contributed by atoms with Gasteiger partial charge < -0.3 is 9.80 Å². The van der Waals surface area contributed by atoms with Crippen molar-refractivity contribution in [1.29, 1.82) is 0 Å². The van der Waals surface area contributed by atoms with Crippen molar-refractivity contribution in [2.24, 2.45) is 14.1 Å². The highest BCUT2D eigenvalue weighted by atomic mass is 16.2. The summed E-state index contributed by atoms with van der Waals surface area (Å²) in [4.78, 5) is 34.0. The second kappa shape index (κ2) is 6.94. The molecule has 0 bridgehead atoms. The predicted molar refractivity (Wildman–Crippen MR) is 114 cm³/mol. The van der Waals surface area contributed by atoms with Crippen LogP contribution in [0.5, 0.6) is 0 Å². The Morgan fingerprint density at radius 2 is 1.70 bits per heavy atom. The summed E-state index contributed by atoms with van der Waals surface area (Å²) in [5.41, 5.74) is 3.03. The molecule has 1 aliphatic heterocycles. The Morgan fingerprint density at radius 3 is 2.47 bits per heavy atom. The summed E-state index contributed by atoms with van der Waals surface area (Å²) in [6, 6.07) is 9.12. The first-order valence-corrected chi connectivity index (χ1v) is 9.81. The number of amides is 1. The van der Waals surface area contributed by atoms with Crippen LogP contribution in [0.15, 0.2) is 47.5 Å². The maximum atomic E-state index is 13.3. The summed E-state index contributed by atoms with van der Waals surface area (Å²) in [5.74, 6) is -0.151. The van der Waals surface area contributed by atoms with Gasteiger partial charge in [-0.25, -0.2) is 4.68 Å². The lowest BCUT2D eigenvalue weighted by Gasteiger charge is -2.36. The third-order valence-corrected chi connectivity index (χ3v) is 5.67. The minimum absolute atomic E-state index is 0.151. The highest BCUT2D eigenvalue weighted by molar-refractivity contribution is 6.04. The number of piperazine rings is 1. The maximum Gasteiger partial charge on any atom is 0.275 e. The van der Waals surface area contributed by atoms with Gasteiger partial charge in [-0.15, -0.1) is 0 Å². The fourth-order valence-corrected chi connectivity index (χ4v) is 4.10. The third-order valence-electron chi connectivity index (χ3n) is 5.67.